The molecular formula is C21H20N4O2S2. The normalized spacial score (nSPS) is 11.3. The maximum absolute atomic E-state index is 13.0. The van der Waals surface area contributed by atoms with Gasteiger partial charge in [0.1, 0.15) is 11.3 Å². The minimum atomic E-state index is -0.109. The standard InChI is InChI=1S/C21H20N4O2S2/c1-2-27-17-7-3-8-18-20(17)23-21(29-18)25(14-13-24-12-5-11-22-24)19(26)10-9-16-6-4-15-28-16/h3-12,15H,2,13-14H2,1H3/b10-9+. The first-order valence-corrected chi connectivity index (χ1v) is 11.0. The summed E-state index contributed by atoms with van der Waals surface area (Å²) < 4.78 is 8.50. The van der Waals surface area contributed by atoms with Gasteiger partial charge in [-0.3, -0.25) is 14.4 Å². The number of para-hydroxylation sites is 1. The average Bonchev–Trinajstić information content (AvgIpc) is 3.48. The van der Waals surface area contributed by atoms with Gasteiger partial charge in [0.2, 0.25) is 0 Å². The Balaban J connectivity index is 1.64. The number of rotatable bonds is 8. The molecule has 0 aliphatic rings. The van der Waals surface area contributed by atoms with Gasteiger partial charge in [-0.15, -0.1) is 11.3 Å². The smallest absolute Gasteiger partial charge is 0.252 e. The molecule has 0 unspecified atom stereocenters. The lowest BCUT2D eigenvalue weighted by Gasteiger charge is -2.18. The van der Waals surface area contributed by atoms with E-state index in [1.54, 1.807) is 28.5 Å². The largest absolute Gasteiger partial charge is 0.492 e. The van der Waals surface area contributed by atoms with Crippen molar-refractivity contribution in [1.82, 2.24) is 14.8 Å². The maximum Gasteiger partial charge on any atom is 0.252 e. The molecular weight excluding hydrogens is 404 g/mol. The Bertz CT molecular complexity index is 1100. The van der Waals surface area contributed by atoms with E-state index >= 15 is 0 Å². The zero-order valence-electron chi connectivity index (χ0n) is 15.9. The van der Waals surface area contributed by atoms with Crippen molar-refractivity contribution in [3.63, 3.8) is 0 Å². The number of carbonyl (C=O) groups excluding carboxylic acids is 1. The van der Waals surface area contributed by atoms with Gasteiger partial charge in [-0.05, 0) is 42.6 Å². The number of hydrogen-bond donors (Lipinski definition) is 0. The highest BCUT2D eigenvalue weighted by Gasteiger charge is 2.19. The lowest BCUT2D eigenvalue weighted by Crippen LogP contribution is -2.32. The van der Waals surface area contributed by atoms with Gasteiger partial charge in [0.15, 0.2) is 5.13 Å². The quantitative estimate of drug-likeness (QED) is 0.385. The maximum atomic E-state index is 13.0. The summed E-state index contributed by atoms with van der Waals surface area (Å²) in [6.07, 6.45) is 7.06. The van der Waals surface area contributed by atoms with E-state index in [1.165, 1.54) is 11.3 Å². The van der Waals surface area contributed by atoms with Gasteiger partial charge in [0.25, 0.3) is 5.91 Å². The molecule has 0 fully saturated rings. The van der Waals surface area contributed by atoms with E-state index in [0.29, 0.717) is 24.8 Å². The van der Waals surface area contributed by atoms with Crippen LogP contribution in [-0.2, 0) is 11.3 Å². The molecule has 0 radical (unpaired) electrons. The highest BCUT2D eigenvalue weighted by atomic mass is 32.1. The lowest BCUT2D eigenvalue weighted by atomic mass is 10.3. The first-order chi connectivity index (χ1) is 14.2. The summed E-state index contributed by atoms with van der Waals surface area (Å²) in [5.74, 6) is 0.628. The van der Waals surface area contributed by atoms with Crippen molar-refractivity contribution in [2.75, 3.05) is 18.1 Å². The van der Waals surface area contributed by atoms with E-state index < -0.39 is 0 Å². The molecule has 0 saturated heterocycles. The minimum absolute atomic E-state index is 0.109. The van der Waals surface area contributed by atoms with Gasteiger partial charge >= 0.3 is 0 Å². The fourth-order valence-electron chi connectivity index (χ4n) is 2.86. The Hall–Kier alpha value is -2.97. The molecule has 4 aromatic rings. The van der Waals surface area contributed by atoms with Gasteiger partial charge in [0, 0.05) is 29.9 Å². The van der Waals surface area contributed by atoms with Crippen molar-refractivity contribution in [3.05, 3.63) is 65.1 Å². The molecule has 1 amide bonds. The van der Waals surface area contributed by atoms with Gasteiger partial charge < -0.3 is 4.74 Å². The molecule has 4 rings (SSSR count). The Labute approximate surface area is 176 Å². The van der Waals surface area contributed by atoms with Crippen molar-refractivity contribution in [3.8, 4) is 5.75 Å². The van der Waals surface area contributed by atoms with E-state index in [1.807, 2.05) is 65.7 Å². The van der Waals surface area contributed by atoms with Crippen LogP contribution in [0.2, 0.25) is 0 Å². The Kier molecular flexibility index (Phi) is 6.02. The molecule has 0 saturated carbocycles. The summed E-state index contributed by atoms with van der Waals surface area (Å²) >= 11 is 3.08. The van der Waals surface area contributed by atoms with Crippen LogP contribution in [0.1, 0.15) is 11.8 Å². The fraction of sp³-hybridized carbons (Fsp3) is 0.190. The summed E-state index contributed by atoms with van der Waals surface area (Å²) in [5, 5.41) is 6.88. The number of amides is 1. The second-order valence-electron chi connectivity index (χ2n) is 6.14. The van der Waals surface area contributed by atoms with Crippen LogP contribution in [0.4, 0.5) is 5.13 Å². The number of thiazole rings is 1. The summed E-state index contributed by atoms with van der Waals surface area (Å²) in [5.41, 5.74) is 0.786. The molecule has 8 heteroatoms. The summed E-state index contributed by atoms with van der Waals surface area (Å²) in [6, 6.07) is 11.7. The number of fused-ring (bicyclic) bond motifs is 1. The second kappa shape index (κ2) is 9.02. The van der Waals surface area contributed by atoms with Gasteiger partial charge in [-0.2, -0.15) is 5.10 Å². The molecule has 0 bridgehead atoms. The highest BCUT2D eigenvalue weighted by molar-refractivity contribution is 7.22. The number of nitrogens with zero attached hydrogens (tertiary/aromatic N) is 4. The molecule has 0 atom stereocenters. The first kappa shape index (κ1) is 19.4. The zero-order valence-corrected chi connectivity index (χ0v) is 17.5. The van der Waals surface area contributed by atoms with Crippen LogP contribution >= 0.6 is 22.7 Å². The summed E-state index contributed by atoms with van der Waals surface area (Å²) in [6.45, 7) is 3.57. The van der Waals surface area contributed by atoms with Crippen LogP contribution in [0, 0.1) is 0 Å². The molecule has 3 heterocycles. The van der Waals surface area contributed by atoms with Crippen LogP contribution in [-0.4, -0.2) is 33.8 Å². The number of ether oxygens (including phenoxy) is 1. The third-order valence-electron chi connectivity index (χ3n) is 4.21. The van der Waals surface area contributed by atoms with Crippen LogP contribution < -0.4 is 9.64 Å². The van der Waals surface area contributed by atoms with Crippen molar-refractivity contribution >= 4 is 50.0 Å². The molecule has 0 aliphatic carbocycles. The predicted molar refractivity (Wildman–Crippen MR) is 119 cm³/mol. The molecule has 0 spiro atoms. The number of aromatic nitrogens is 3. The van der Waals surface area contributed by atoms with E-state index in [-0.39, 0.29) is 5.91 Å². The molecule has 29 heavy (non-hydrogen) atoms. The van der Waals surface area contributed by atoms with Crippen molar-refractivity contribution in [1.29, 1.82) is 0 Å². The summed E-state index contributed by atoms with van der Waals surface area (Å²) in [7, 11) is 0. The number of hydrogen-bond acceptors (Lipinski definition) is 6. The van der Waals surface area contributed by atoms with Gasteiger partial charge in [0.05, 0.1) is 17.9 Å². The minimum Gasteiger partial charge on any atom is -0.492 e. The molecule has 3 aromatic heterocycles. The first-order valence-electron chi connectivity index (χ1n) is 9.27. The number of benzene rings is 1. The Morgan fingerprint density at radius 2 is 2.21 bits per heavy atom. The van der Waals surface area contributed by atoms with Crippen LogP contribution in [0.15, 0.2) is 60.2 Å². The van der Waals surface area contributed by atoms with Crippen LogP contribution in [0.3, 0.4) is 0 Å². The second-order valence-corrected chi connectivity index (χ2v) is 8.13. The molecule has 0 aliphatic heterocycles. The fourth-order valence-corrected chi connectivity index (χ4v) is 4.50. The van der Waals surface area contributed by atoms with E-state index in [2.05, 4.69) is 5.10 Å². The van der Waals surface area contributed by atoms with Crippen molar-refractivity contribution in [2.24, 2.45) is 0 Å². The number of anilines is 1. The van der Waals surface area contributed by atoms with Crippen LogP contribution in [0.5, 0.6) is 5.75 Å². The van der Waals surface area contributed by atoms with Gasteiger partial charge in [-0.25, -0.2) is 4.98 Å². The Morgan fingerprint density at radius 1 is 1.28 bits per heavy atom. The molecule has 0 N–H and O–H groups in total. The average molecular weight is 425 g/mol. The third kappa shape index (κ3) is 4.55. The molecule has 148 valence electrons. The zero-order chi connectivity index (χ0) is 20.1. The SMILES string of the molecule is CCOc1cccc2sc(N(CCn3cccn3)C(=O)/C=C/c3cccs3)nc12. The highest BCUT2D eigenvalue weighted by Crippen LogP contribution is 2.34. The monoisotopic (exact) mass is 424 g/mol. The molecule has 6 nitrogen and oxygen atoms in total. The Morgan fingerprint density at radius 3 is 2.97 bits per heavy atom. The van der Waals surface area contributed by atoms with Crippen molar-refractivity contribution < 1.29 is 9.53 Å². The van der Waals surface area contributed by atoms with E-state index in [9.17, 15) is 4.79 Å². The van der Waals surface area contributed by atoms with E-state index in [4.69, 9.17) is 9.72 Å². The van der Waals surface area contributed by atoms with Gasteiger partial charge in [-0.1, -0.05) is 23.5 Å². The van der Waals surface area contributed by atoms with E-state index in [0.717, 1.165) is 20.8 Å². The van der Waals surface area contributed by atoms with Crippen molar-refractivity contribution in [2.45, 2.75) is 13.5 Å². The van der Waals surface area contributed by atoms with Crippen LogP contribution in [0.25, 0.3) is 16.3 Å². The third-order valence-corrected chi connectivity index (χ3v) is 6.09. The molecule has 1 aromatic carbocycles. The summed E-state index contributed by atoms with van der Waals surface area (Å²) in [4.78, 5) is 20.5. The number of thiophene rings is 1. The lowest BCUT2D eigenvalue weighted by molar-refractivity contribution is -0.114. The predicted octanol–water partition coefficient (Wildman–Crippen LogP) is 4.70. The topological polar surface area (TPSA) is 60.2 Å². The number of carbonyl (C=O) groups is 1.